The summed E-state index contributed by atoms with van der Waals surface area (Å²) in [6, 6.07) is 8.65. The lowest BCUT2D eigenvalue weighted by Gasteiger charge is -2.18. The van der Waals surface area contributed by atoms with Crippen LogP contribution >= 0.6 is 0 Å². The van der Waals surface area contributed by atoms with Crippen LogP contribution in [0.4, 0.5) is 0 Å². The third-order valence-electron chi connectivity index (χ3n) is 2.92. The van der Waals surface area contributed by atoms with Crippen LogP contribution in [-0.4, -0.2) is 33.5 Å². The van der Waals surface area contributed by atoms with Crippen LogP contribution in [0.25, 0.3) is 0 Å². The molecule has 1 aromatic rings. The van der Waals surface area contributed by atoms with E-state index in [0.717, 1.165) is 13.0 Å². The van der Waals surface area contributed by atoms with Gasteiger partial charge in [0.15, 0.2) is 0 Å². The molecular formula is C15H25NO2. The second-order valence-corrected chi connectivity index (χ2v) is 4.39. The lowest BCUT2D eigenvalue weighted by Crippen LogP contribution is -2.23. The van der Waals surface area contributed by atoms with E-state index in [4.69, 9.17) is 9.47 Å². The molecule has 3 heteroatoms. The predicted molar refractivity (Wildman–Crippen MR) is 74.9 cm³/mol. The van der Waals surface area contributed by atoms with Crippen LogP contribution in [0.1, 0.15) is 30.5 Å². The smallest absolute Gasteiger partial charge is 0.0701 e. The zero-order valence-electron chi connectivity index (χ0n) is 11.7. The van der Waals surface area contributed by atoms with Gasteiger partial charge >= 0.3 is 0 Å². The minimum absolute atomic E-state index is 0.248. The minimum atomic E-state index is 0.248. The molecule has 1 N–H and O–H groups in total. The van der Waals surface area contributed by atoms with Gasteiger partial charge in [-0.25, -0.2) is 0 Å². The molecule has 1 aromatic carbocycles. The molecule has 1 unspecified atom stereocenters. The van der Waals surface area contributed by atoms with Crippen molar-refractivity contribution in [2.24, 2.45) is 0 Å². The summed E-state index contributed by atoms with van der Waals surface area (Å²) >= 11 is 0. The van der Waals surface area contributed by atoms with Crippen LogP contribution in [0.5, 0.6) is 0 Å². The molecule has 0 bridgehead atoms. The summed E-state index contributed by atoms with van der Waals surface area (Å²) in [5, 5.41) is 3.30. The molecule has 102 valence electrons. The van der Waals surface area contributed by atoms with E-state index in [9.17, 15) is 0 Å². The van der Waals surface area contributed by atoms with Gasteiger partial charge in [-0.1, -0.05) is 31.2 Å². The van der Waals surface area contributed by atoms with Crippen molar-refractivity contribution >= 4 is 0 Å². The lowest BCUT2D eigenvalue weighted by molar-refractivity contribution is 0.0398. The molecule has 3 nitrogen and oxygen atoms in total. The quantitative estimate of drug-likeness (QED) is 0.685. The Morgan fingerprint density at radius 2 is 1.83 bits per heavy atom. The first-order valence-corrected chi connectivity index (χ1v) is 6.67. The molecule has 0 radical (unpaired) electrons. The second kappa shape index (κ2) is 9.09. The molecule has 1 atom stereocenters. The van der Waals surface area contributed by atoms with E-state index in [1.165, 1.54) is 11.1 Å². The van der Waals surface area contributed by atoms with Gasteiger partial charge in [0.2, 0.25) is 0 Å². The summed E-state index contributed by atoms with van der Waals surface area (Å²) in [5.41, 5.74) is 2.59. The highest BCUT2D eigenvalue weighted by atomic mass is 16.5. The van der Waals surface area contributed by atoms with Crippen molar-refractivity contribution in [2.45, 2.75) is 26.3 Å². The summed E-state index contributed by atoms with van der Waals surface area (Å²) in [4.78, 5) is 0. The van der Waals surface area contributed by atoms with E-state index in [0.29, 0.717) is 19.8 Å². The molecular weight excluding hydrogens is 226 g/mol. The third-order valence-corrected chi connectivity index (χ3v) is 2.92. The summed E-state index contributed by atoms with van der Waals surface area (Å²) < 4.78 is 11.0. The van der Waals surface area contributed by atoms with Gasteiger partial charge in [-0.15, -0.1) is 0 Å². The number of benzene rings is 1. The summed E-state index contributed by atoms with van der Waals surface area (Å²) in [5.74, 6) is 0. The molecule has 0 saturated heterocycles. The van der Waals surface area contributed by atoms with Gasteiger partial charge in [0.25, 0.3) is 0 Å². The number of nitrogens with one attached hydrogen (secondary N) is 1. The third kappa shape index (κ3) is 5.17. The van der Waals surface area contributed by atoms with Crippen LogP contribution in [0.2, 0.25) is 0 Å². The first-order valence-electron chi connectivity index (χ1n) is 6.67. The summed E-state index contributed by atoms with van der Waals surface area (Å²) in [7, 11) is 1.97. The first kappa shape index (κ1) is 15.2. The van der Waals surface area contributed by atoms with E-state index >= 15 is 0 Å². The molecule has 0 spiro atoms. The predicted octanol–water partition coefficient (Wildman–Crippen LogP) is 2.70. The molecule has 0 heterocycles. The van der Waals surface area contributed by atoms with E-state index in [1.807, 2.05) is 7.05 Å². The molecule has 0 saturated carbocycles. The molecule has 0 amide bonds. The van der Waals surface area contributed by atoms with E-state index < -0.39 is 0 Å². The fourth-order valence-corrected chi connectivity index (χ4v) is 1.87. The Morgan fingerprint density at radius 3 is 2.50 bits per heavy atom. The normalized spacial score (nSPS) is 12.6. The number of aryl methyl sites for hydroxylation is 1. The molecule has 0 fully saturated rings. The van der Waals surface area contributed by atoms with E-state index in [2.05, 4.69) is 43.4 Å². The highest BCUT2D eigenvalue weighted by Crippen LogP contribution is 2.17. The van der Waals surface area contributed by atoms with Crippen molar-refractivity contribution in [3.05, 3.63) is 35.4 Å². The molecule has 1 rings (SSSR count). The van der Waals surface area contributed by atoms with Crippen molar-refractivity contribution in [1.82, 2.24) is 5.32 Å². The van der Waals surface area contributed by atoms with Crippen LogP contribution in [0, 0.1) is 6.92 Å². The van der Waals surface area contributed by atoms with E-state index in [-0.39, 0.29) is 6.04 Å². The van der Waals surface area contributed by atoms with Crippen molar-refractivity contribution in [2.75, 3.05) is 33.5 Å². The highest BCUT2D eigenvalue weighted by molar-refractivity contribution is 5.28. The number of likely N-dealkylation sites (N-methyl/N-ethyl adjacent to an activating group) is 1. The van der Waals surface area contributed by atoms with Gasteiger partial charge in [0.1, 0.15) is 0 Å². The van der Waals surface area contributed by atoms with E-state index in [1.54, 1.807) is 0 Å². The maximum atomic E-state index is 5.66. The summed E-state index contributed by atoms with van der Waals surface area (Å²) in [6.45, 7) is 7.07. The van der Waals surface area contributed by atoms with Gasteiger partial charge in [0.05, 0.1) is 25.9 Å². The maximum Gasteiger partial charge on any atom is 0.0701 e. The molecule has 18 heavy (non-hydrogen) atoms. The first-order chi connectivity index (χ1) is 8.79. The van der Waals surface area contributed by atoms with Crippen molar-refractivity contribution in [3.8, 4) is 0 Å². The highest BCUT2D eigenvalue weighted by Gasteiger charge is 2.10. The van der Waals surface area contributed by atoms with Crippen LogP contribution in [0.3, 0.4) is 0 Å². The van der Waals surface area contributed by atoms with Gasteiger partial charge in [0, 0.05) is 6.61 Å². The number of hydrogen-bond donors (Lipinski definition) is 1. The Kier molecular flexibility index (Phi) is 7.65. The molecule has 0 aliphatic carbocycles. The van der Waals surface area contributed by atoms with Gasteiger partial charge in [-0.3, -0.25) is 0 Å². The standard InChI is InChI=1S/C15H25NO2/c1-4-9-17-10-11-18-12-15(16-3)14-8-6-5-7-13(14)2/h5-8,15-16H,4,9-12H2,1-3H3. The average Bonchev–Trinajstić information content (AvgIpc) is 2.39. The fraction of sp³-hybridized carbons (Fsp3) is 0.600. The van der Waals surface area contributed by atoms with Gasteiger partial charge in [-0.05, 0) is 31.5 Å². The maximum absolute atomic E-state index is 5.66. The lowest BCUT2D eigenvalue weighted by atomic mass is 10.0. The Bertz CT molecular complexity index is 328. The Hall–Kier alpha value is -0.900. The monoisotopic (exact) mass is 251 g/mol. The number of ether oxygens (including phenoxy) is 2. The van der Waals surface area contributed by atoms with Crippen LogP contribution < -0.4 is 5.32 Å². The Morgan fingerprint density at radius 1 is 1.11 bits per heavy atom. The zero-order valence-corrected chi connectivity index (χ0v) is 11.7. The fourth-order valence-electron chi connectivity index (χ4n) is 1.87. The zero-order chi connectivity index (χ0) is 13.2. The van der Waals surface area contributed by atoms with Gasteiger partial charge in [-0.2, -0.15) is 0 Å². The number of hydrogen-bond acceptors (Lipinski definition) is 3. The topological polar surface area (TPSA) is 30.5 Å². The largest absolute Gasteiger partial charge is 0.379 e. The van der Waals surface area contributed by atoms with Gasteiger partial charge < -0.3 is 14.8 Å². The molecule has 0 aliphatic heterocycles. The SMILES string of the molecule is CCCOCCOCC(NC)c1ccccc1C. The number of rotatable bonds is 9. The van der Waals surface area contributed by atoms with Crippen LogP contribution in [0.15, 0.2) is 24.3 Å². The molecule has 0 aromatic heterocycles. The van der Waals surface area contributed by atoms with Crippen molar-refractivity contribution in [3.63, 3.8) is 0 Å². The summed E-state index contributed by atoms with van der Waals surface area (Å²) in [6.07, 6.45) is 1.06. The Balaban J connectivity index is 2.32. The second-order valence-electron chi connectivity index (χ2n) is 4.39. The van der Waals surface area contributed by atoms with Crippen molar-refractivity contribution < 1.29 is 9.47 Å². The van der Waals surface area contributed by atoms with Crippen LogP contribution in [-0.2, 0) is 9.47 Å². The average molecular weight is 251 g/mol. The minimum Gasteiger partial charge on any atom is -0.379 e. The van der Waals surface area contributed by atoms with Crippen molar-refractivity contribution in [1.29, 1.82) is 0 Å². The molecule has 0 aliphatic rings. The Labute approximate surface area is 110 Å².